The smallest absolute Gasteiger partial charge is 0.142 e. The highest BCUT2D eigenvalue weighted by molar-refractivity contribution is 6.33. The van der Waals surface area contributed by atoms with Crippen molar-refractivity contribution in [3.8, 4) is 39.8 Å². The Morgan fingerprint density at radius 1 is 0.968 bits per heavy atom. The summed E-state index contributed by atoms with van der Waals surface area (Å²) >= 11 is 12.2. The lowest BCUT2D eigenvalue weighted by Gasteiger charge is -2.06. The number of methoxy groups -OCH3 is 1. The highest BCUT2D eigenvalue weighted by Crippen LogP contribution is 2.36. The third-order valence-electron chi connectivity index (χ3n) is 4.99. The molecule has 0 aliphatic rings. The predicted molar refractivity (Wildman–Crippen MR) is 121 cm³/mol. The fourth-order valence-electron chi connectivity index (χ4n) is 3.47. The van der Waals surface area contributed by atoms with Gasteiger partial charge in [-0.1, -0.05) is 41.4 Å². The third-order valence-corrected chi connectivity index (χ3v) is 5.56. The number of H-pyrrole nitrogens is 2. The first-order chi connectivity index (χ1) is 15.0. The summed E-state index contributed by atoms with van der Waals surface area (Å²) in [5, 5.41) is 0.950. The number of aromatic nitrogens is 4. The van der Waals surface area contributed by atoms with Crippen LogP contribution in [0.1, 0.15) is 0 Å². The second kappa shape index (κ2) is 7.72. The molecule has 5 nitrogen and oxygen atoms in total. The number of nitrogens with zero attached hydrogens (tertiary/aromatic N) is 2. The van der Waals surface area contributed by atoms with E-state index in [1.165, 1.54) is 6.07 Å². The first-order valence-electron chi connectivity index (χ1n) is 9.37. The van der Waals surface area contributed by atoms with Crippen LogP contribution in [0.15, 0.2) is 60.8 Å². The highest BCUT2D eigenvalue weighted by Gasteiger charge is 2.17. The van der Waals surface area contributed by atoms with Crippen LogP contribution in [0.5, 0.6) is 5.75 Å². The Morgan fingerprint density at radius 2 is 1.77 bits per heavy atom. The normalized spacial score (nSPS) is 11.2. The molecule has 0 fully saturated rings. The Balaban J connectivity index is 1.60. The van der Waals surface area contributed by atoms with Crippen LogP contribution in [-0.2, 0) is 0 Å². The van der Waals surface area contributed by atoms with Crippen LogP contribution in [-0.4, -0.2) is 27.0 Å². The molecule has 0 aliphatic carbocycles. The number of halogens is 3. The Hall–Kier alpha value is -3.35. The molecule has 0 atom stereocenters. The fourth-order valence-corrected chi connectivity index (χ4v) is 3.85. The van der Waals surface area contributed by atoms with Gasteiger partial charge in [-0.3, -0.25) is 0 Å². The van der Waals surface area contributed by atoms with Crippen molar-refractivity contribution < 1.29 is 9.13 Å². The molecule has 0 bridgehead atoms. The van der Waals surface area contributed by atoms with Crippen molar-refractivity contribution in [3.05, 3.63) is 76.7 Å². The summed E-state index contributed by atoms with van der Waals surface area (Å²) in [6.45, 7) is 0. The van der Waals surface area contributed by atoms with Gasteiger partial charge in [-0.2, -0.15) is 0 Å². The molecule has 3 aromatic carbocycles. The van der Waals surface area contributed by atoms with Crippen molar-refractivity contribution in [2.24, 2.45) is 0 Å². The van der Waals surface area contributed by atoms with Gasteiger partial charge in [0.1, 0.15) is 23.2 Å². The fraction of sp³-hybridized carbons (Fsp3) is 0.0435. The maximum absolute atomic E-state index is 14.4. The lowest BCUT2D eigenvalue weighted by molar-refractivity contribution is 0.416. The number of imidazole rings is 2. The van der Waals surface area contributed by atoms with Crippen LogP contribution in [0, 0.1) is 5.82 Å². The molecule has 5 rings (SSSR count). The second-order valence-electron chi connectivity index (χ2n) is 6.90. The summed E-state index contributed by atoms with van der Waals surface area (Å²) in [5.41, 5.74) is 4.10. The standard InChI is InChI=1S/C23H15Cl2FN4O/c1-31-20-10-18-17(28-23(29-18)21-15(25)3-2-4-16(21)26)9-14(20)22-27-11-19(30-22)12-5-7-13(24)8-6-12/h2-11H,1H3,(H,27,30)(H,28,29). The van der Waals surface area contributed by atoms with Gasteiger partial charge in [-0.25, -0.2) is 14.4 Å². The summed E-state index contributed by atoms with van der Waals surface area (Å²) in [6.07, 6.45) is 1.75. The van der Waals surface area contributed by atoms with E-state index in [0.717, 1.165) is 16.8 Å². The average Bonchev–Trinajstić information content (AvgIpc) is 3.40. The average molecular weight is 453 g/mol. The zero-order valence-corrected chi connectivity index (χ0v) is 17.7. The minimum absolute atomic E-state index is 0.226. The summed E-state index contributed by atoms with van der Waals surface area (Å²) in [4.78, 5) is 15.5. The van der Waals surface area contributed by atoms with Gasteiger partial charge in [0.05, 0.1) is 46.2 Å². The molecule has 8 heteroatoms. The minimum atomic E-state index is -0.447. The molecule has 0 saturated heterocycles. The van der Waals surface area contributed by atoms with E-state index >= 15 is 0 Å². The highest BCUT2D eigenvalue weighted by atomic mass is 35.5. The summed E-state index contributed by atoms with van der Waals surface area (Å²) in [5.74, 6) is 1.11. The van der Waals surface area contributed by atoms with Crippen molar-refractivity contribution >= 4 is 34.2 Å². The zero-order chi connectivity index (χ0) is 21.5. The molecule has 0 unspecified atom stereocenters. The van der Waals surface area contributed by atoms with Crippen LogP contribution in [0.2, 0.25) is 10.0 Å². The van der Waals surface area contributed by atoms with Gasteiger partial charge in [-0.15, -0.1) is 0 Å². The molecule has 0 spiro atoms. The first kappa shape index (κ1) is 19.6. The van der Waals surface area contributed by atoms with E-state index in [4.69, 9.17) is 27.9 Å². The largest absolute Gasteiger partial charge is 0.496 e. The lowest BCUT2D eigenvalue weighted by atomic mass is 10.1. The van der Waals surface area contributed by atoms with E-state index in [-0.39, 0.29) is 10.6 Å². The molecule has 0 amide bonds. The maximum atomic E-state index is 14.4. The molecule has 0 radical (unpaired) electrons. The second-order valence-corrected chi connectivity index (χ2v) is 7.75. The Kier molecular flexibility index (Phi) is 4.88. The monoisotopic (exact) mass is 452 g/mol. The number of hydrogen-bond acceptors (Lipinski definition) is 3. The SMILES string of the molecule is COc1cc2nc(-c3c(F)cccc3Cl)[nH]c2cc1-c1ncc(-c2ccc(Cl)cc2)[nH]1. The van der Waals surface area contributed by atoms with E-state index < -0.39 is 5.82 Å². The van der Waals surface area contributed by atoms with Gasteiger partial charge in [0.2, 0.25) is 0 Å². The topological polar surface area (TPSA) is 66.6 Å². The van der Waals surface area contributed by atoms with E-state index in [1.54, 1.807) is 31.5 Å². The molecule has 154 valence electrons. The van der Waals surface area contributed by atoms with Gasteiger partial charge < -0.3 is 14.7 Å². The lowest BCUT2D eigenvalue weighted by Crippen LogP contribution is -1.90. The van der Waals surface area contributed by atoms with E-state index in [0.29, 0.717) is 33.5 Å². The zero-order valence-electron chi connectivity index (χ0n) is 16.2. The van der Waals surface area contributed by atoms with E-state index in [2.05, 4.69) is 19.9 Å². The third kappa shape index (κ3) is 3.54. The number of fused-ring (bicyclic) bond motifs is 1. The molecule has 0 saturated carbocycles. The molecule has 2 heterocycles. The molecule has 2 aromatic heterocycles. The number of hydrogen-bond donors (Lipinski definition) is 2. The molecule has 2 N–H and O–H groups in total. The maximum Gasteiger partial charge on any atom is 0.142 e. The van der Waals surface area contributed by atoms with Crippen molar-refractivity contribution in [1.29, 1.82) is 0 Å². The molecule has 5 aromatic rings. The number of rotatable bonds is 4. The van der Waals surface area contributed by atoms with Crippen LogP contribution in [0.4, 0.5) is 4.39 Å². The minimum Gasteiger partial charge on any atom is -0.496 e. The molecule has 0 aliphatic heterocycles. The van der Waals surface area contributed by atoms with Gasteiger partial charge in [0.15, 0.2) is 0 Å². The van der Waals surface area contributed by atoms with Crippen molar-refractivity contribution in [1.82, 2.24) is 19.9 Å². The molecule has 31 heavy (non-hydrogen) atoms. The van der Waals surface area contributed by atoms with Gasteiger partial charge in [0.25, 0.3) is 0 Å². The quantitative estimate of drug-likeness (QED) is 0.317. The predicted octanol–water partition coefficient (Wildman–Crippen LogP) is 6.74. The first-order valence-corrected chi connectivity index (χ1v) is 10.1. The van der Waals surface area contributed by atoms with E-state index in [9.17, 15) is 4.39 Å². The Bertz CT molecular complexity index is 1390. The molecular weight excluding hydrogens is 438 g/mol. The summed E-state index contributed by atoms with van der Waals surface area (Å²) in [6, 6.07) is 15.7. The van der Waals surface area contributed by atoms with Crippen LogP contribution in [0.3, 0.4) is 0 Å². The number of aromatic amines is 2. The Labute approximate surface area is 186 Å². The van der Waals surface area contributed by atoms with E-state index in [1.807, 2.05) is 30.3 Å². The summed E-state index contributed by atoms with van der Waals surface area (Å²) in [7, 11) is 1.58. The van der Waals surface area contributed by atoms with Crippen LogP contribution < -0.4 is 4.74 Å². The van der Waals surface area contributed by atoms with Gasteiger partial charge in [-0.05, 0) is 35.9 Å². The number of nitrogens with one attached hydrogen (secondary N) is 2. The Morgan fingerprint density at radius 3 is 2.52 bits per heavy atom. The van der Waals surface area contributed by atoms with Crippen molar-refractivity contribution in [3.63, 3.8) is 0 Å². The summed E-state index contributed by atoms with van der Waals surface area (Å²) < 4.78 is 19.9. The van der Waals surface area contributed by atoms with Crippen molar-refractivity contribution in [2.45, 2.75) is 0 Å². The molecular formula is C23H15Cl2FN4O. The van der Waals surface area contributed by atoms with Gasteiger partial charge in [0, 0.05) is 11.1 Å². The van der Waals surface area contributed by atoms with Crippen LogP contribution >= 0.6 is 23.2 Å². The number of ether oxygens (including phenoxy) is 1. The van der Waals surface area contributed by atoms with Crippen LogP contribution in [0.25, 0.3) is 45.1 Å². The number of benzene rings is 3. The van der Waals surface area contributed by atoms with Crippen molar-refractivity contribution in [2.75, 3.05) is 7.11 Å². The van der Waals surface area contributed by atoms with Gasteiger partial charge >= 0.3 is 0 Å².